The summed E-state index contributed by atoms with van der Waals surface area (Å²) in [6, 6.07) is 7.65. The van der Waals surface area contributed by atoms with Crippen LogP contribution in [0.1, 0.15) is 17.3 Å². The SMILES string of the molecule is CC(=O)c1cccc(NS(=O)(=O)CC#N)c1. The second-order valence-electron chi connectivity index (χ2n) is 3.16. The summed E-state index contributed by atoms with van der Waals surface area (Å²) in [5.74, 6) is -0.765. The molecule has 1 aromatic carbocycles. The van der Waals surface area contributed by atoms with Crippen LogP contribution in [-0.2, 0) is 10.0 Å². The topological polar surface area (TPSA) is 87.0 Å². The molecule has 0 spiro atoms. The van der Waals surface area contributed by atoms with E-state index in [-0.39, 0.29) is 11.5 Å². The van der Waals surface area contributed by atoms with Crippen LogP contribution in [0.3, 0.4) is 0 Å². The van der Waals surface area contributed by atoms with Gasteiger partial charge >= 0.3 is 0 Å². The molecule has 0 fully saturated rings. The van der Waals surface area contributed by atoms with Crippen molar-refractivity contribution in [2.45, 2.75) is 6.92 Å². The van der Waals surface area contributed by atoms with Crippen molar-refractivity contribution in [1.29, 1.82) is 5.26 Å². The molecule has 5 nitrogen and oxygen atoms in total. The lowest BCUT2D eigenvalue weighted by Gasteiger charge is -2.05. The number of carbonyl (C=O) groups is 1. The van der Waals surface area contributed by atoms with Crippen LogP contribution in [0, 0.1) is 11.3 Å². The molecule has 16 heavy (non-hydrogen) atoms. The quantitative estimate of drug-likeness (QED) is 0.797. The minimum atomic E-state index is -3.65. The van der Waals surface area contributed by atoms with E-state index in [0.29, 0.717) is 5.56 Å². The van der Waals surface area contributed by atoms with Crippen LogP contribution in [0.5, 0.6) is 0 Å². The lowest BCUT2D eigenvalue weighted by Crippen LogP contribution is -2.15. The fourth-order valence-electron chi connectivity index (χ4n) is 1.10. The first kappa shape index (κ1) is 12.2. The third-order valence-electron chi connectivity index (χ3n) is 1.80. The van der Waals surface area contributed by atoms with Gasteiger partial charge in [0.05, 0.1) is 6.07 Å². The minimum absolute atomic E-state index is 0.152. The van der Waals surface area contributed by atoms with E-state index in [2.05, 4.69) is 4.72 Å². The molecule has 1 N–H and O–H groups in total. The Balaban J connectivity index is 2.95. The summed E-state index contributed by atoms with van der Waals surface area (Å²) in [6.07, 6.45) is 0. The number of hydrogen-bond donors (Lipinski definition) is 1. The number of nitriles is 1. The van der Waals surface area contributed by atoms with Gasteiger partial charge in [0.15, 0.2) is 11.5 Å². The Morgan fingerprint density at radius 2 is 2.19 bits per heavy atom. The van der Waals surface area contributed by atoms with E-state index in [1.54, 1.807) is 18.2 Å². The van der Waals surface area contributed by atoms with Crippen molar-refractivity contribution < 1.29 is 13.2 Å². The van der Waals surface area contributed by atoms with Crippen molar-refractivity contribution in [2.24, 2.45) is 0 Å². The third-order valence-corrected chi connectivity index (χ3v) is 2.85. The molecule has 0 aliphatic rings. The first-order chi connectivity index (χ1) is 7.44. The predicted octanol–water partition coefficient (Wildman–Crippen LogP) is 1.15. The van der Waals surface area contributed by atoms with E-state index < -0.39 is 15.8 Å². The van der Waals surface area contributed by atoms with Crippen LogP contribution in [0.4, 0.5) is 5.69 Å². The van der Waals surface area contributed by atoms with Gasteiger partial charge in [-0.05, 0) is 19.1 Å². The van der Waals surface area contributed by atoms with Crippen LogP contribution >= 0.6 is 0 Å². The van der Waals surface area contributed by atoms with Gasteiger partial charge in [0, 0.05) is 11.3 Å². The van der Waals surface area contributed by atoms with Gasteiger partial charge in [-0.3, -0.25) is 9.52 Å². The molecule has 6 heteroatoms. The number of sulfonamides is 1. The molecular formula is C10H10N2O3S. The Bertz CT molecular complexity index is 543. The number of rotatable bonds is 4. The molecule has 0 aliphatic carbocycles. The van der Waals surface area contributed by atoms with Gasteiger partial charge in [-0.2, -0.15) is 5.26 Å². The summed E-state index contributed by atoms with van der Waals surface area (Å²) in [5, 5.41) is 8.30. The number of ketones is 1. The molecular weight excluding hydrogens is 228 g/mol. The molecule has 0 amide bonds. The molecule has 0 heterocycles. The fraction of sp³-hybridized carbons (Fsp3) is 0.200. The van der Waals surface area contributed by atoms with Gasteiger partial charge in [-0.1, -0.05) is 12.1 Å². The van der Waals surface area contributed by atoms with Crippen LogP contribution < -0.4 is 4.72 Å². The lowest BCUT2D eigenvalue weighted by atomic mass is 10.1. The van der Waals surface area contributed by atoms with Crippen molar-refractivity contribution in [1.82, 2.24) is 0 Å². The van der Waals surface area contributed by atoms with Crippen molar-refractivity contribution >= 4 is 21.5 Å². The molecule has 0 unspecified atom stereocenters. The highest BCUT2D eigenvalue weighted by molar-refractivity contribution is 7.92. The zero-order chi connectivity index (χ0) is 12.2. The van der Waals surface area contributed by atoms with Gasteiger partial charge in [-0.15, -0.1) is 0 Å². The largest absolute Gasteiger partial charge is 0.295 e. The maximum Gasteiger partial charge on any atom is 0.246 e. The van der Waals surface area contributed by atoms with E-state index in [1.807, 2.05) is 0 Å². The van der Waals surface area contributed by atoms with Gasteiger partial charge in [0.2, 0.25) is 10.0 Å². The first-order valence-corrected chi connectivity index (χ1v) is 6.08. The first-order valence-electron chi connectivity index (χ1n) is 4.43. The maximum atomic E-state index is 11.3. The Hall–Kier alpha value is -1.87. The Morgan fingerprint density at radius 3 is 2.75 bits per heavy atom. The van der Waals surface area contributed by atoms with Crippen molar-refractivity contribution in [3.05, 3.63) is 29.8 Å². The number of hydrogen-bond acceptors (Lipinski definition) is 4. The van der Waals surface area contributed by atoms with Crippen molar-refractivity contribution in [3.8, 4) is 6.07 Å². The average molecular weight is 238 g/mol. The van der Waals surface area contributed by atoms with E-state index >= 15 is 0 Å². The number of Topliss-reactive ketones (excluding diaryl/α,β-unsaturated/α-hetero) is 1. The molecule has 0 aliphatic heterocycles. The average Bonchev–Trinajstić information content (AvgIpc) is 2.17. The van der Waals surface area contributed by atoms with Gasteiger partial charge in [-0.25, -0.2) is 8.42 Å². The number of benzene rings is 1. The number of anilines is 1. The normalized spacial score (nSPS) is 10.5. The highest BCUT2D eigenvalue weighted by Gasteiger charge is 2.10. The summed E-state index contributed by atoms with van der Waals surface area (Å²) in [5.41, 5.74) is 0.695. The van der Waals surface area contributed by atoms with Gasteiger partial charge < -0.3 is 0 Å². The van der Waals surface area contributed by atoms with Gasteiger partial charge in [0.1, 0.15) is 0 Å². The smallest absolute Gasteiger partial charge is 0.246 e. The predicted molar refractivity (Wildman–Crippen MR) is 59.5 cm³/mol. The third kappa shape index (κ3) is 3.37. The Kier molecular flexibility index (Phi) is 3.64. The van der Waals surface area contributed by atoms with E-state index in [1.165, 1.54) is 19.1 Å². The van der Waals surface area contributed by atoms with E-state index in [4.69, 9.17) is 5.26 Å². The number of carbonyl (C=O) groups excluding carboxylic acids is 1. The molecule has 1 aromatic rings. The summed E-state index contributed by atoms with van der Waals surface area (Å²) < 4.78 is 24.7. The fourth-order valence-corrected chi connectivity index (χ4v) is 1.83. The van der Waals surface area contributed by atoms with Crippen LogP contribution in [-0.4, -0.2) is 20.0 Å². The second kappa shape index (κ2) is 4.77. The Morgan fingerprint density at radius 1 is 1.50 bits per heavy atom. The summed E-state index contributed by atoms with van der Waals surface area (Å²) in [7, 11) is -3.65. The standard InChI is InChI=1S/C10H10N2O3S/c1-8(13)9-3-2-4-10(7-9)12-16(14,15)6-5-11/h2-4,7,12H,6H2,1H3. The maximum absolute atomic E-state index is 11.3. The molecule has 0 saturated heterocycles. The highest BCUT2D eigenvalue weighted by Crippen LogP contribution is 2.12. The molecule has 0 atom stereocenters. The monoisotopic (exact) mass is 238 g/mol. The van der Waals surface area contributed by atoms with E-state index in [0.717, 1.165) is 0 Å². The van der Waals surface area contributed by atoms with E-state index in [9.17, 15) is 13.2 Å². The van der Waals surface area contributed by atoms with Crippen LogP contribution in [0.15, 0.2) is 24.3 Å². The molecule has 0 saturated carbocycles. The van der Waals surface area contributed by atoms with Gasteiger partial charge in [0.25, 0.3) is 0 Å². The molecule has 1 rings (SSSR count). The molecule has 0 radical (unpaired) electrons. The summed E-state index contributed by atoms with van der Waals surface area (Å²) >= 11 is 0. The highest BCUT2D eigenvalue weighted by atomic mass is 32.2. The molecule has 0 bridgehead atoms. The summed E-state index contributed by atoms with van der Waals surface area (Å²) in [4.78, 5) is 11.1. The summed E-state index contributed by atoms with van der Waals surface area (Å²) in [6.45, 7) is 1.39. The number of nitrogens with zero attached hydrogens (tertiary/aromatic N) is 1. The van der Waals surface area contributed by atoms with Crippen LogP contribution in [0.25, 0.3) is 0 Å². The number of nitrogens with one attached hydrogen (secondary N) is 1. The van der Waals surface area contributed by atoms with Crippen LogP contribution in [0.2, 0.25) is 0 Å². The zero-order valence-electron chi connectivity index (χ0n) is 8.60. The van der Waals surface area contributed by atoms with Crippen molar-refractivity contribution in [3.63, 3.8) is 0 Å². The lowest BCUT2D eigenvalue weighted by molar-refractivity contribution is 0.101. The zero-order valence-corrected chi connectivity index (χ0v) is 9.41. The molecule has 0 aromatic heterocycles. The minimum Gasteiger partial charge on any atom is -0.295 e. The van der Waals surface area contributed by atoms with Crippen molar-refractivity contribution in [2.75, 3.05) is 10.5 Å². The second-order valence-corrected chi connectivity index (χ2v) is 4.88. The molecule has 84 valence electrons. The Labute approximate surface area is 93.8 Å².